The average Bonchev–Trinajstić information content (AvgIpc) is 2.67. The minimum atomic E-state index is -0.328. The zero-order valence-corrected chi connectivity index (χ0v) is 16.5. The minimum Gasteiger partial charge on any atom is -0.423 e. The van der Waals surface area contributed by atoms with Crippen molar-refractivity contribution in [1.29, 1.82) is 0 Å². The van der Waals surface area contributed by atoms with Crippen LogP contribution in [0, 0.1) is 5.92 Å². The molecule has 0 spiro atoms. The van der Waals surface area contributed by atoms with Gasteiger partial charge in [0.15, 0.2) is 0 Å². The van der Waals surface area contributed by atoms with Gasteiger partial charge in [0.05, 0.1) is 0 Å². The summed E-state index contributed by atoms with van der Waals surface area (Å²) in [5.74, 6) is 1.90. The molecule has 1 aliphatic rings. The quantitative estimate of drug-likeness (QED) is 0.157. The van der Waals surface area contributed by atoms with Crippen LogP contribution in [-0.2, 0) is 4.79 Å². The third kappa shape index (κ3) is 7.19. The predicted octanol–water partition coefficient (Wildman–Crippen LogP) is 6.97. The van der Waals surface area contributed by atoms with Gasteiger partial charge < -0.3 is 4.74 Å². The third-order valence-electron chi connectivity index (χ3n) is 5.35. The summed E-state index contributed by atoms with van der Waals surface area (Å²) in [5, 5.41) is 0. The summed E-state index contributed by atoms with van der Waals surface area (Å²) in [7, 11) is 0. The van der Waals surface area contributed by atoms with Crippen LogP contribution in [0.5, 0.6) is 5.75 Å². The highest BCUT2D eigenvalue weighted by Crippen LogP contribution is 2.38. The molecule has 26 heavy (non-hydrogen) atoms. The van der Waals surface area contributed by atoms with Crippen molar-refractivity contribution in [1.82, 2.24) is 0 Å². The van der Waals surface area contributed by atoms with E-state index in [0.29, 0.717) is 11.7 Å². The number of hydrogen-bond donors (Lipinski definition) is 0. The molecule has 0 bridgehead atoms. The molecule has 142 valence electrons. The Labute approximate surface area is 159 Å². The molecule has 0 unspecified atom stereocenters. The van der Waals surface area contributed by atoms with Crippen molar-refractivity contribution in [2.75, 3.05) is 0 Å². The molecular formula is C24H34O2. The molecule has 2 heteroatoms. The van der Waals surface area contributed by atoms with Crippen LogP contribution < -0.4 is 4.74 Å². The van der Waals surface area contributed by atoms with E-state index in [9.17, 15) is 4.79 Å². The van der Waals surface area contributed by atoms with Crippen molar-refractivity contribution in [2.45, 2.75) is 77.6 Å². The van der Waals surface area contributed by atoms with E-state index in [2.05, 4.69) is 26.0 Å². The van der Waals surface area contributed by atoms with Crippen LogP contribution in [0.2, 0.25) is 0 Å². The number of rotatable bonds is 9. The van der Waals surface area contributed by atoms with Gasteiger partial charge in [-0.15, -0.1) is 0 Å². The van der Waals surface area contributed by atoms with Gasteiger partial charge in [-0.1, -0.05) is 69.9 Å². The summed E-state index contributed by atoms with van der Waals surface area (Å²) in [6.45, 7) is 4.33. The number of ether oxygens (including phenoxy) is 1. The normalized spacial score (nSPS) is 20.7. The van der Waals surface area contributed by atoms with E-state index >= 15 is 0 Å². The van der Waals surface area contributed by atoms with Gasteiger partial charge in [-0.2, -0.15) is 0 Å². The number of hydrogen-bond acceptors (Lipinski definition) is 2. The Hall–Kier alpha value is -1.83. The zero-order chi connectivity index (χ0) is 18.6. The van der Waals surface area contributed by atoms with Gasteiger partial charge in [-0.25, -0.2) is 4.79 Å². The average molecular weight is 355 g/mol. The van der Waals surface area contributed by atoms with Crippen molar-refractivity contribution in [2.24, 2.45) is 5.92 Å². The molecule has 1 aliphatic carbocycles. The van der Waals surface area contributed by atoms with Crippen LogP contribution >= 0.6 is 0 Å². The topological polar surface area (TPSA) is 26.3 Å². The molecule has 0 radical (unpaired) electrons. The number of allylic oxidation sites excluding steroid dienone is 3. The summed E-state index contributed by atoms with van der Waals surface area (Å²) in [4.78, 5) is 11.8. The van der Waals surface area contributed by atoms with Crippen molar-refractivity contribution < 1.29 is 9.53 Å². The first kappa shape index (κ1) is 20.5. The number of carbonyl (C=O) groups is 1. The van der Waals surface area contributed by atoms with Gasteiger partial charge in [0.2, 0.25) is 0 Å². The van der Waals surface area contributed by atoms with E-state index in [4.69, 9.17) is 4.74 Å². The van der Waals surface area contributed by atoms with E-state index in [1.807, 2.05) is 24.3 Å². The SMILES string of the molecule is CC/C=C/C=C/C(=O)Oc1ccc(C2CCC(CCCCC)CC2)cc1. The summed E-state index contributed by atoms with van der Waals surface area (Å²) >= 11 is 0. The van der Waals surface area contributed by atoms with Crippen LogP contribution in [-0.4, -0.2) is 5.97 Å². The second-order valence-corrected chi connectivity index (χ2v) is 7.40. The molecule has 0 heterocycles. The van der Waals surface area contributed by atoms with Crippen molar-refractivity contribution >= 4 is 5.97 Å². The van der Waals surface area contributed by atoms with E-state index in [0.717, 1.165) is 12.3 Å². The summed E-state index contributed by atoms with van der Waals surface area (Å²) in [6.07, 6.45) is 18.8. The first-order chi connectivity index (χ1) is 12.7. The Bertz CT molecular complexity index is 575. The fraction of sp³-hybridized carbons (Fsp3) is 0.542. The van der Waals surface area contributed by atoms with Crippen LogP contribution in [0.15, 0.2) is 48.6 Å². The van der Waals surface area contributed by atoms with Gasteiger partial charge in [0, 0.05) is 6.08 Å². The fourth-order valence-electron chi connectivity index (χ4n) is 3.77. The number of benzene rings is 1. The Balaban J connectivity index is 1.78. The first-order valence-electron chi connectivity index (χ1n) is 10.4. The maximum Gasteiger partial charge on any atom is 0.336 e. The van der Waals surface area contributed by atoms with Gasteiger partial charge in [-0.3, -0.25) is 0 Å². The van der Waals surface area contributed by atoms with Crippen LogP contribution in [0.1, 0.15) is 83.1 Å². The van der Waals surface area contributed by atoms with E-state index < -0.39 is 0 Å². The number of esters is 1. The highest BCUT2D eigenvalue weighted by molar-refractivity contribution is 5.84. The van der Waals surface area contributed by atoms with Gasteiger partial charge in [-0.05, 0) is 61.6 Å². The van der Waals surface area contributed by atoms with E-state index in [1.165, 1.54) is 63.0 Å². The number of carbonyl (C=O) groups excluding carboxylic acids is 1. The highest BCUT2D eigenvalue weighted by Gasteiger charge is 2.22. The minimum absolute atomic E-state index is 0.328. The molecule has 0 saturated heterocycles. The third-order valence-corrected chi connectivity index (χ3v) is 5.35. The smallest absolute Gasteiger partial charge is 0.336 e. The number of unbranched alkanes of at least 4 members (excludes halogenated alkanes) is 2. The lowest BCUT2D eigenvalue weighted by molar-refractivity contribution is -0.128. The largest absolute Gasteiger partial charge is 0.423 e. The highest BCUT2D eigenvalue weighted by atomic mass is 16.5. The molecule has 1 aromatic carbocycles. The van der Waals surface area contributed by atoms with Crippen LogP contribution in [0.25, 0.3) is 0 Å². The molecule has 1 fully saturated rings. The van der Waals surface area contributed by atoms with Crippen molar-refractivity contribution in [3.8, 4) is 5.75 Å². The molecular weight excluding hydrogens is 320 g/mol. The lowest BCUT2D eigenvalue weighted by Gasteiger charge is -2.29. The molecule has 0 atom stereocenters. The van der Waals surface area contributed by atoms with Crippen molar-refractivity contribution in [3.63, 3.8) is 0 Å². The first-order valence-corrected chi connectivity index (χ1v) is 10.4. The molecule has 2 rings (SSSR count). The fourth-order valence-corrected chi connectivity index (χ4v) is 3.77. The molecule has 2 nitrogen and oxygen atoms in total. The monoisotopic (exact) mass is 354 g/mol. The lowest BCUT2D eigenvalue weighted by Crippen LogP contribution is -2.13. The lowest BCUT2D eigenvalue weighted by atomic mass is 9.77. The molecule has 1 saturated carbocycles. The van der Waals surface area contributed by atoms with Gasteiger partial charge >= 0.3 is 5.97 Å². The van der Waals surface area contributed by atoms with Gasteiger partial charge in [0.25, 0.3) is 0 Å². The van der Waals surface area contributed by atoms with Crippen LogP contribution in [0.4, 0.5) is 0 Å². The van der Waals surface area contributed by atoms with Gasteiger partial charge in [0.1, 0.15) is 5.75 Å². The predicted molar refractivity (Wildman–Crippen MR) is 109 cm³/mol. The standard InChI is InChI=1S/C24H34O2/c1-3-5-7-9-11-24(25)26-23-18-16-22(17-19-23)21-14-12-20(13-15-21)10-8-6-4-2/h5,7,9,11,16-21H,3-4,6,8,10,12-15H2,1-2H3/b7-5+,11-9+. The summed E-state index contributed by atoms with van der Waals surface area (Å²) < 4.78 is 5.35. The Morgan fingerprint density at radius 3 is 2.42 bits per heavy atom. The summed E-state index contributed by atoms with van der Waals surface area (Å²) in [6, 6.07) is 8.11. The summed E-state index contributed by atoms with van der Waals surface area (Å²) in [5.41, 5.74) is 1.39. The zero-order valence-electron chi connectivity index (χ0n) is 16.5. The molecule has 0 amide bonds. The van der Waals surface area contributed by atoms with E-state index in [1.54, 1.807) is 6.08 Å². The second-order valence-electron chi connectivity index (χ2n) is 7.40. The second kappa shape index (κ2) is 11.7. The molecule has 0 aromatic heterocycles. The maximum absolute atomic E-state index is 11.8. The van der Waals surface area contributed by atoms with E-state index in [-0.39, 0.29) is 5.97 Å². The molecule has 0 N–H and O–H groups in total. The molecule has 0 aliphatic heterocycles. The van der Waals surface area contributed by atoms with Crippen molar-refractivity contribution in [3.05, 3.63) is 54.1 Å². The Kier molecular flexibility index (Phi) is 9.23. The van der Waals surface area contributed by atoms with Crippen LogP contribution in [0.3, 0.4) is 0 Å². The molecule has 1 aromatic rings. The Morgan fingerprint density at radius 2 is 1.77 bits per heavy atom. The maximum atomic E-state index is 11.8. The Morgan fingerprint density at radius 1 is 1.04 bits per heavy atom.